The second-order valence-corrected chi connectivity index (χ2v) is 8.62. The van der Waals surface area contributed by atoms with E-state index in [0.717, 1.165) is 63.1 Å². The minimum Gasteiger partial charge on any atom is -0.381 e. The number of aliphatic imine (C=N–C) groups is 1. The molecule has 2 heterocycles. The van der Waals surface area contributed by atoms with Crippen molar-refractivity contribution in [2.75, 3.05) is 44.8 Å². The van der Waals surface area contributed by atoms with Gasteiger partial charge in [-0.05, 0) is 43.0 Å². The number of ether oxygens (including phenoxy) is 1. The Labute approximate surface area is 184 Å². The van der Waals surface area contributed by atoms with Gasteiger partial charge in [-0.15, -0.1) is 0 Å². The molecule has 2 saturated heterocycles. The number of rotatable bonds is 5. The molecule has 1 unspecified atom stereocenters. The average molecular weight is 427 g/mol. The van der Waals surface area contributed by atoms with Gasteiger partial charge in [0.1, 0.15) is 0 Å². The van der Waals surface area contributed by atoms with Crippen LogP contribution in [0.3, 0.4) is 0 Å². The number of hydrogen-bond acceptors (Lipinski definition) is 3. The highest BCUT2D eigenvalue weighted by atomic mass is 35.5. The predicted molar refractivity (Wildman–Crippen MR) is 125 cm³/mol. The molecule has 0 saturated carbocycles. The fraction of sp³-hybridized carbons (Fsp3) is 0.458. The van der Waals surface area contributed by atoms with Gasteiger partial charge in [-0.2, -0.15) is 0 Å². The van der Waals surface area contributed by atoms with Crippen molar-refractivity contribution >= 4 is 23.2 Å². The van der Waals surface area contributed by atoms with Gasteiger partial charge in [-0.3, -0.25) is 4.99 Å². The number of para-hydroxylation sites is 1. The Kier molecular flexibility index (Phi) is 6.80. The highest BCUT2D eigenvalue weighted by Crippen LogP contribution is 2.38. The van der Waals surface area contributed by atoms with E-state index in [1.54, 1.807) is 0 Å². The first-order valence-corrected chi connectivity index (χ1v) is 11.2. The molecule has 1 atom stereocenters. The Morgan fingerprint density at radius 1 is 1.13 bits per heavy atom. The number of nitrogens with one attached hydrogen (secondary N) is 2. The van der Waals surface area contributed by atoms with Gasteiger partial charge in [-0.25, -0.2) is 0 Å². The lowest BCUT2D eigenvalue weighted by atomic mass is 9.74. The minimum absolute atomic E-state index is 0.0417. The summed E-state index contributed by atoms with van der Waals surface area (Å²) in [4.78, 5) is 6.92. The molecule has 2 aromatic carbocycles. The second-order valence-electron chi connectivity index (χ2n) is 8.21. The van der Waals surface area contributed by atoms with Crippen LogP contribution in [0.5, 0.6) is 0 Å². The third-order valence-electron chi connectivity index (χ3n) is 6.36. The molecule has 0 spiro atoms. The molecule has 2 aromatic rings. The molecular weight excluding hydrogens is 396 g/mol. The zero-order chi connectivity index (χ0) is 20.8. The maximum Gasteiger partial charge on any atom is 0.191 e. The van der Waals surface area contributed by atoms with Gasteiger partial charge in [0.2, 0.25) is 0 Å². The van der Waals surface area contributed by atoms with E-state index in [2.05, 4.69) is 63.0 Å². The van der Waals surface area contributed by atoms with E-state index in [9.17, 15) is 0 Å². The predicted octanol–water partition coefficient (Wildman–Crippen LogP) is 3.83. The summed E-state index contributed by atoms with van der Waals surface area (Å²) in [5.74, 6) is 0.854. The lowest BCUT2D eigenvalue weighted by Gasteiger charge is -2.39. The Bertz CT molecular complexity index is 851. The number of guanidine groups is 1. The number of anilines is 1. The fourth-order valence-corrected chi connectivity index (χ4v) is 4.92. The maximum atomic E-state index is 6.59. The Hall–Kier alpha value is -2.24. The van der Waals surface area contributed by atoms with Crippen molar-refractivity contribution in [3.05, 3.63) is 65.2 Å². The first-order valence-electron chi connectivity index (χ1n) is 10.8. The van der Waals surface area contributed by atoms with Crippen molar-refractivity contribution in [3.8, 4) is 0 Å². The Morgan fingerprint density at radius 3 is 2.60 bits per heavy atom. The topological polar surface area (TPSA) is 48.9 Å². The molecular formula is C24H31ClN4O. The molecule has 0 radical (unpaired) electrons. The van der Waals surface area contributed by atoms with Crippen LogP contribution in [-0.4, -0.2) is 51.9 Å². The molecule has 2 fully saturated rings. The van der Waals surface area contributed by atoms with Gasteiger partial charge in [0.15, 0.2) is 5.96 Å². The van der Waals surface area contributed by atoms with Gasteiger partial charge >= 0.3 is 0 Å². The summed E-state index contributed by atoms with van der Waals surface area (Å²) in [5, 5.41) is 8.05. The molecule has 0 bridgehead atoms. The molecule has 5 nitrogen and oxygen atoms in total. The fourth-order valence-electron chi connectivity index (χ4n) is 4.59. The summed E-state index contributed by atoms with van der Waals surface area (Å²) in [5.41, 5.74) is 2.44. The normalized spacial score (nSPS) is 21.5. The molecule has 4 rings (SSSR count). The van der Waals surface area contributed by atoms with Crippen molar-refractivity contribution < 1.29 is 4.74 Å². The van der Waals surface area contributed by atoms with Crippen LogP contribution in [0.15, 0.2) is 59.6 Å². The monoisotopic (exact) mass is 426 g/mol. The molecule has 6 heteroatoms. The van der Waals surface area contributed by atoms with Gasteiger partial charge in [0.05, 0.1) is 0 Å². The van der Waals surface area contributed by atoms with Gasteiger partial charge < -0.3 is 20.3 Å². The van der Waals surface area contributed by atoms with Crippen LogP contribution in [0, 0.1) is 0 Å². The summed E-state index contributed by atoms with van der Waals surface area (Å²) in [6, 6.07) is 19.2. The quantitative estimate of drug-likeness (QED) is 0.563. The average Bonchev–Trinajstić information content (AvgIpc) is 3.27. The highest BCUT2D eigenvalue weighted by molar-refractivity contribution is 6.31. The number of benzene rings is 2. The first kappa shape index (κ1) is 21.0. The molecule has 30 heavy (non-hydrogen) atoms. The molecule has 2 N–H and O–H groups in total. The van der Waals surface area contributed by atoms with Crippen LogP contribution in [0.25, 0.3) is 0 Å². The van der Waals surface area contributed by atoms with E-state index >= 15 is 0 Å². The highest BCUT2D eigenvalue weighted by Gasteiger charge is 2.36. The second kappa shape index (κ2) is 9.71. The van der Waals surface area contributed by atoms with E-state index in [0.29, 0.717) is 6.04 Å². The van der Waals surface area contributed by atoms with E-state index in [4.69, 9.17) is 16.3 Å². The van der Waals surface area contributed by atoms with Crippen LogP contribution in [0.4, 0.5) is 5.69 Å². The largest absolute Gasteiger partial charge is 0.381 e. The van der Waals surface area contributed by atoms with Crippen LogP contribution < -0.4 is 15.5 Å². The Balaban J connectivity index is 1.39. The summed E-state index contributed by atoms with van der Waals surface area (Å²) in [6.07, 6.45) is 3.00. The number of nitrogens with zero attached hydrogens (tertiary/aromatic N) is 2. The van der Waals surface area contributed by atoms with Crippen molar-refractivity contribution in [2.24, 2.45) is 4.99 Å². The molecule has 2 aliphatic heterocycles. The molecule has 2 aliphatic rings. The molecule has 0 aliphatic carbocycles. The van der Waals surface area contributed by atoms with Gasteiger partial charge in [0, 0.05) is 62.1 Å². The number of hydrogen-bond donors (Lipinski definition) is 2. The lowest BCUT2D eigenvalue weighted by Crippen LogP contribution is -2.50. The smallest absolute Gasteiger partial charge is 0.191 e. The van der Waals surface area contributed by atoms with E-state index in [1.165, 1.54) is 11.3 Å². The van der Waals surface area contributed by atoms with Crippen molar-refractivity contribution in [2.45, 2.75) is 30.7 Å². The van der Waals surface area contributed by atoms with E-state index in [1.807, 2.05) is 19.2 Å². The lowest BCUT2D eigenvalue weighted by molar-refractivity contribution is 0.0514. The summed E-state index contributed by atoms with van der Waals surface area (Å²) in [6.45, 7) is 4.34. The number of halogens is 1. The van der Waals surface area contributed by atoms with Gasteiger partial charge in [-0.1, -0.05) is 48.0 Å². The van der Waals surface area contributed by atoms with E-state index < -0.39 is 0 Å². The zero-order valence-corrected chi connectivity index (χ0v) is 18.4. The SMILES string of the molecule is CN=C(NCC1(c2ccccc2Cl)CCOCC1)NC1CCN(c2ccccc2)C1. The summed E-state index contributed by atoms with van der Waals surface area (Å²) in [7, 11) is 1.84. The van der Waals surface area contributed by atoms with Crippen LogP contribution in [0.1, 0.15) is 24.8 Å². The van der Waals surface area contributed by atoms with Crippen molar-refractivity contribution in [1.29, 1.82) is 0 Å². The molecule has 160 valence electrons. The van der Waals surface area contributed by atoms with Crippen LogP contribution in [0.2, 0.25) is 5.02 Å². The standard InChI is InChI=1S/C24H31ClN4O/c1-26-23(28-19-11-14-29(17-19)20-7-3-2-4-8-20)27-18-24(12-15-30-16-13-24)21-9-5-6-10-22(21)25/h2-10,19H,11-18H2,1H3,(H2,26,27,28). The van der Waals surface area contributed by atoms with Crippen LogP contribution >= 0.6 is 11.6 Å². The zero-order valence-electron chi connectivity index (χ0n) is 17.6. The van der Waals surface area contributed by atoms with Gasteiger partial charge in [0.25, 0.3) is 0 Å². The summed E-state index contributed by atoms with van der Waals surface area (Å²) >= 11 is 6.59. The third kappa shape index (κ3) is 4.73. The first-order chi connectivity index (χ1) is 14.7. The Morgan fingerprint density at radius 2 is 1.87 bits per heavy atom. The van der Waals surface area contributed by atoms with Crippen molar-refractivity contribution in [1.82, 2.24) is 10.6 Å². The molecule has 0 amide bonds. The van der Waals surface area contributed by atoms with Crippen LogP contribution in [-0.2, 0) is 10.2 Å². The molecule has 0 aromatic heterocycles. The summed E-state index contributed by atoms with van der Waals surface area (Å²) < 4.78 is 5.66. The van der Waals surface area contributed by atoms with E-state index in [-0.39, 0.29) is 5.41 Å². The minimum atomic E-state index is -0.0417. The maximum absolute atomic E-state index is 6.59. The third-order valence-corrected chi connectivity index (χ3v) is 6.69. The van der Waals surface area contributed by atoms with Crippen molar-refractivity contribution in [3.63, 3.8) is 0 Å².